The van der Waals surface area contributed by atoms with Crippen molar-refractivity contribution in [1.29, 1.82) is 0 Å². The Hall–Kier alpha value is -1.63. The van der Waals surface area contributed by atoms with E-state index in [4.69, 9.17) is 0 Å². The first-order chi connectivity index (χ1) is 8.46. The lowest BCUT2D eigenvalue weighted by molar-refractivity contribution is -0.116. The highest BCUT2D eigenvalue weighted by Crippen LogP contribution is 2.21. The van der Waals surface area contributed by atoms with Crippen LogP contribution in [0.4, 0.5) is 5.69 Å². The number of nitrogens with one attached hydrogen (secondary N) is 2. The highest BCUT2D eigenvalue weighted by atomic mass is 32.2. The quantitative estimate of drug-likeness (QED) is 0.816. The zero-order valence-electron chi connectivity index (χ0n) is 9.68. The van der Waals surface area contributed by atoms with E-state index >= 15 is 0 Å². The molecule has 7 heteroatoms. The zero-order valence-corrected chi connectivity index (χ0v) is 10.5. The monoisotopic (exact) mass is 270 g/mol. The number of aromatic amines is 1. The fourth-order valence-electron chi connectivity index (χ4n) is 2.02. The summed E-state index contributed by atoms with van der Waals surface area (Å²) in [5, 5.41) is 2.49. The molecule has 0 saturated carbocycles. The summed E-state index contributed by atoms with van der Waals surface area (Å²) in [4.78, 5) is 25.4. The van der Waals surface area contributed by atoms with E-state index in [0.29, 0.717) is 6.42 Å². The van der Waals surface area contributed by atoms with E-state index in [0.717, 1.165) is 0 Å². The number of hydrogen-bond acceptors (Lipinski definition) is 4. The predicted molar refractivity (Wildman–Crippen MR) is 67.1 cm³/mol. The van der Waals surface area contributed by atoms with Crippen molar-refractivity contribution in [3.05, 3.63) is 28.7 Å². The van der Waals surface area contributed by atoms with Gasteiger partial charge in [-0.1, -0.05) is 0 Å². The third-order valence-electron chi connectivity index (χ3n) is 2.89. The highest BCUT2D eigenvalue weighted by Gasteiger charge is 2.29. The predicted octanol–water partition coefficient (Wildman–Crippen LogP) is 0.138. The molecule has 0 aliphatic carbocycles. The number of sulfone groups is 1. The highest BCUT2D eigenvalue weighted by molar-refractivity contribution is 7.91. The number of hydrogen-bond donors (Lipinski definition) is 2. The number of carbonyl (C=O) groups excluding carboxylic acids is 1. The van der Waals surface area contributed by atoms with Gasteiger partial charge < -0.3 is 10.3 Å². The minimum absolute atomic E-state index is 0.0611. The molecular weight excluding hydrogens is 256 g/mol. The normalized spacial score (nSPS) is 21.7. The van der Waals surface area contributed by atoms with Crippen molar-refractivity contribution < 1.29 is 13.2 Å². The molecular formula is C11H14N2O4S. The maximum Gasteiger partial charge on any atom is 0.271 e. The Morgan fingerprint density at radius 1 is 1.50 bits per heavy atom. The SMILES string of the molecule is O=C(C[C@@H]1CCS(=O)(=O)C1)Nc1ccc[nH]c1=O. The number of anilines is 1. The van der Waals surface area contributed by atoms with Crippen molar-refractivity contribution in [2.45, 2.75) is 12.8 Å². The van der Waals surface area contributed by atoms with Crippen molar-refractivity contribution in [3.8, 4) is 0 Å². The first-order valence-electron chi connectivity index (χ1n) is 5.64. The van der Waals surface area contributed by atoms with Crippen molar-refractivity contribution in [2.75, 3.05) is 16.8 Å². The number of amides is 1. The van der Waals surface area contributed by atoms with Crippen LogP contribution in [-0.4, -0.2) is 30.8 Å². The topological polar surface area (TPSA) is 96.1 Å². The number of aromatic nitrogens is 1. The van der Waals surface area contributed by atoms with Crippen LogP contribution in [0.5, 0.6) is 0 Å². The van der Waals surface area contributed by atoms with Gasteiger partial charge >= 0.3 is 0 Å². The summed E-state index contributed by atoms with van der Waals surface area (Å²) in [6, 6.07) is 3.11. The molecule has 1 aliphatic rings. The summed E-state index contributed by atoms with van der Waals surface area (Å²) in [7, 11) is -2.97. The smallest absolute Gasteiger partial charge is 0.271 e. The molecule has 1 aromatic heterocycles. The van der Waals surface area contributed by atoms with Crippen molar-refractivity contribution >= 4 is 21.4 Å². The molecule has 0 bridgehead atoms. The van der Waals surface area contributed by atoms with Crippen molar-refractivity contribution in [3.63, 3.8) is 0 Å². The third kappa shape index (κ3) is 3.19. The molecule has 18 heavy (non-hydrogen) atoms. The lowest BCUT2D eigenvalue weighted by atomic mass is 10.1. The molecule has 0 aromatic carbocycles. The molecule has 6 nitrogen and oxygen atoms in total. The van der Waals surface area contributed by atoms with Crippen LogP contribution in [0.15, 0.2) is 23.1 Å². The average molecular weight is 270 g/mol. The molecule has 2 rings (SSSR count). The Labute approximate surface area is 104 Å². The van der Waals surface area contributed by atoms with E-state index < -0.39 is 9.84 Å². The molecule has 0 unspecified atom stereocenters. The van der Waals surface area contributed by atoms with Crippen LogP contribution in [-0.2, 0) is 14.6 Å². The van der Waals surface area contributed by atoms with Crippen LogP contribution >= 0.6 is 0 Å². The fourth-order valence-corrected chi connectivity index (χ4v) is 3.88. The van der Waals surface area contributed by atoms with Crippen LogP contribution in [0.3, 0.4) is 0 Å². The molecule has 98 valence electrons. The molecule has 0 radical (unpaired) electrons. The number of H-pyrrole nitrogens is 1. The van der Waals surface area contributed by atoms with Gasteiger partial charge in [0.1, 0.15) is 5.69 Å². The Bertz CT molecular complexity index is 605. The maximum absolute atomic E-state index is 11.7. The van der Waals surface area contributed by atoms with E-state index in [9.17, 15) is 18.0 Å². The molecule has 1 fully saturated rings. The van der Waals surface area contributed by atoms with Gasteiger partial charge in [0.05, 0.1) is 11.5 Å². The Kier molecular flexibility index (Phi) is 3.51. The van der Waals surface area contributed by atoms with Gasteiger partial charge in [0.25, 0.3) is 5.56 Å². The van der Waals surface area contributed by atoms with Gasteiger partial charge in [0, 0.05) is 12.6 Å². The van der Waals surface area contributed by atoms with Crippen LogP contribution in [0.25, 0.3) is 0 Å². The van der Waals surface area contributed by atoms with E-state index in [1.54, 1.807) is 6.07 Å². The lowest BCUT2D eigenvalue weighted by Crippen LogP contribution is -2.21. The fraction of sp³-hybridized carbons (Fsp3) is 0.455. The summed E-state index contributed by atoms with van der Waals surface area (Å²) in [5.41, 5.74) is -0.187. The molecule has 1 atom stereocenters. The Morgan fingerprint density at radius 2 is 2.28 bits per heavy atom. The third-order valence-corrected chi connectivity index (χ3v) is 4.73. The van der Waals surface area contributed by atoms with Crippen LogP contribution in [0.2, 0.25) is 0 Å². The minimum Gasteiger partial charge on any atom is -0.327 e. The number of rotatable bonds is 3. The summed E-state index contributed by atoms with van der Waals surface area (Å²) < 4.78 is 22.5. The molecule has 1 aliphatic heterocycles. The second-order valence-electron chi connectivity index (χ2n) is 4.43. The van der Waals surface area contributed by atoms with Gasteiger partial charge in [-0.05, 0) is 24.5 Å². The second kappa shape index (κ2) is 4.93. The minimum atomic E-state index is -2.97. The van der Waals surface area contributed by atoms with E-state index in [1.807, 2.05) is 0 Å². The summed E-state index contributed by atoms with van der Waals surface area (Å²) in [5.74, 6) is -0.255. The van der Waals surface area contributed by atoms with Crippen LogP contribution in [0.1, 0.15) is 12.8 Å². The van der Waals surface area contributed by atoms with Crippen LogP contribution < -0.4 is 10.9 Å². The number of pyridine rings is 1. The van der Waals surface area contributed by atoms with Gasteiger partial charge in [-0.3, -0.25) is 9.59 Å². The molecule has 0 spiro atoms. The standard InChI is InChI=1S/C11H14N2O4S/c14-10(6-8-3-5-18(16,17)7-8)13-9-2-1-4-12-11(9)15/h1-2,4,8H,3,5-7H2,(H,12,15)(H,13,14)/t8-/m0/s1. The summed E-state index contributed by atoms with van der Waals surface area (Å²) in [6.45, 7) is 0. The zero-order chi connectivity index (χ0) is 13.2. The first-order valence-corrected chi connectivity index (χ1v) is 7.46. The van der Waals surface area contributed by atoms with Gasteiger partial charge in [-0.2, -0.15) is 0 Å². The molecule has 2 heterocycles. The largest absolute Gasteiger partial charge is 0.327 e. The average Bonchev–Trinajstić information content (AvgIpc) is 2.61. The summed E-state index contributed by atoms with van der Waals surface area (Å²) in [6.07, 6.45) is 2.12. The van der Waals surface area contributed by atoms with Crippen molar-refractivity contribution in [1.82, 2.24) is 4.98 Å². The van der Waals surface area contributed by atoms with E-state index in [-0.39, 0.29) is 41.0 Å². The van der Waals surface area contributed by atoms with Crippen LogP contribution in [0, 0.1) is 5.92 Å². The Balaban J connectivity index is 1.94. The Morgan fingerprint density at radius 3 is 2.89 bits per heavy atom. The number of carbonyl (C=O) groups is 1. The van der Waals surface area contributed by atoms with Gasteiger partial charge in [0.2, 0.25) is 5.91 Å². The second-order valence-corrected chi connectivity index (χ2v) is 6.66. The van der Waals surface area contributed by atoms with E-state index in [1.165, 1.54) is 12.3 Å². The van der Waals surface area contributed by atoms with Crippen molar-refractivity contribution in [2.24, 2.45) is 5.92 Å². The molecule has 1 aromatic rings. The van der Waals surface area contributed by atoms with E-state index in [2.05, 4.69) is 10.3 Å². The lowest BCUT2D eigenvalue weighted by Gasteiger charge is -2.07. The maximum atomic E-state index is 11.7. The molecule has 1 saturated heterocycles. The van der Waals surface area contributed by atoms with Gasteiger partial charge in [0.15, 0.2) is 9.84 Å². The molecule has 2 N–H and O–H groups in total. The summed E-state index contributed by atoms with van der Waals surface area (Å²) >= 11 is 0. The molecule has 1 amide bonds. The first kappa shape index (κ1) is 12.8. The van der Waals surface area contributed by atoms with Gasteiger partial charge in [-0.15, -0.1) is 0 Å². The van der Waals surface area contributed by atoms with Gasteiger partial charge in [-0.25, -0.2) is 8.42 Å².